The van der Waals surface area contributed by atoms with Crippen LogP contribution in [-0.2, 0) is 4.57 Å². The molecule has 0 aromatic heterocycles. The zero-order valence-electron chi connectivity index (χ0n) is 1.80. The molecule has 0 bridgehead atoms. The van der Waals surface area contributed by atoms with Crippen LogP contribution in [-0.4, -0.2) is 5.48 Å². The maximum absolute atomic E-state index is 8.46. The average Bonchev–Trinajstić information content (AvgIpc) is 0.918. The molecular weight excluding hydrogens is 77.0 g/mol. The van der Waals surface area contributed by atoms with E-state index >= 15 is 0 Å². The maximum Gasteiger partial charge on any atom is -0.412 e. The number of hydrogen-bond donors (Lipinski definition) is 0. The van der Waals surface area contributed by atoms with Gasteiger partial charge in [-0.1, -0.05) is 0 Å². The first-order valence-electron chi connectivity index (χ1n) is 0.383. The minimum Gasteiger partial charge on any atom is -0.412 e. The minimum absolute atomic E-state index is 0. The molecule has 0 atom stereocenters. The van der Waals surface area contributed by atoms with Crippen molar-refractivity contribution < 1.29 is 10.0 Å². The van der Waals surface area contributed by atoms with E-state index in [0.29, 0.717) is 0 Å². The molecule has 0 aliphatic carbocycles. The van der Waals surface area contributed by atoms with Crippen LogP contribution in [0.15, 0.2) is 0 Å². The van der Waals surface area contributed by atoms with Crippen molar-refractivity contribution in [2.75, 3.05) is 0 Å². The van der Waals surface area contributed by atoms with Crippen LogP contribution in [0.4, 0.5) is 0 Å². The van der Waals surface area contributed by atoms with Crippen LogP contribution in [0.25, 0.3) is 0 Å². The van der Waals surface area contributed by atoms with Gasteiger partial charge in [-0.05, 0) is 0 Å². The predicted molar refractivity (Wildman–Crippen MR) is 12.9 cm³/mol. The monoisotopic (exact) mass is 79.0 g/mol. The van der Waals surface area contributed by atoms with E-state index in [1.54, 1.807) is 0 Å². The Kier molecular flexibility index (Phi) is 29.4. The SMILES string of the molecule is N#P=O.O. The zero-order valence-corrected chi connectivity index (χ0v) is 2.70. The summed E-state index contributed by atoms with van der Waals surface area (Å²) in [6.45, 7) is 0. The van der Waals surface area contributed by atoms with Gasteiger partial charge in [0, 0.05) is 0 Å². The average molecular weight is 79.0 g/mol. The Morgan fingerprint density at radius 3 is 1.75 bits per heavy atom. The van der Waals surface area contributed by atoms with Gasteiger partial charge in [-0.2, -0.15) is 0 Å². The van der Waals surface area contributed by atoms with Gasteiger partial charge in [0.05, 0.1) is 0 Å². The molecule has 0 saturated carbocycles. The van der Waals surface area contributed by atoms with Gasteiger partial charge in [-0.3, -0.25) is 0 Å². The molecule has 0 radical (unpaired) electrons. The molecule has 0 aliphatic rings. The van der Waals surface area contributed by atoms with E-state index in [4.69, 9.17) is 9.57 Å². The van der Waals surface area contributed by atoms with Crippen LogP contribution in [0.3, 0.4) is 0 Å². The van der Waals surface area contributed by atoms with E-state index in [1.807, 2.05) is 0 Å². The number of hydrogen-bond acceptors (Lipinski definition) is 2. The van der Waals surface area contributed by atoms with Crippen molar-refractivity contribution in [3.05, 3.63) is 0 Å². The molecular formula is H2NO2P. The zero-order chi connectivity index (χ0) is 2.71. The van der Waals surface area contributed by atoms with E-state index < -0.39 is 8.10 Å². The molecule has 0 unspecified atom stereocenters. The molecule has 0 fully saturated rings. The van der Waals surface area contributed by atoms with Crippen LogP contribution in [0, 0.1) is 5.00 Å². The van der Waals surface area contributed by atoms with Gasteiger partial charge in [-0.25, -0.2) is 0 Å². The molecule has 0 aliphatic heterocycles. The molecule has 0 spiro atoms. The van der Waals surface area contributed by atoms with Crippen LogP contribution in [0.1, 0.15) is 0 Å². The molecule has 0 saturated heterocycles. The third-order valence-corrected chi connectivity index (χ3v) is 0. The summed E-state index contributed by atoms with van der Waals surface area (Å²) in [5.41, 5.74) is 0. The van der Waals surface area contributed by atoms with Crippen molar-refractivity contribution in [3.63, 3.8) is 0 Å². The predicted octanol–water partition coefficient (Wildman–Crippen LogP) is -0.0672. The fraction of sp³-hybridized carbons (Fsp3) is 0. The second kappa shape index (κ2) is 12.9. The molecule has 24 valence electrons. The Morgan fingerprint density at radius 2 is 1.75 bits per heavy atom. The topological polar surface area (TPSA) is 72.4 Å². The van der Waals surface area contributed by atoms with Crippen molar-refractivity contribution in [2.24, 2.45) is 0 Å². The van der Waals surface area contributed by atoms with Crippen molar-refractivity contribution in [2.45, 2.75) is 0 Å². The van der Waals surface area contributed by atoms with Gasteiger partial charge in [0.25, 0.3) is 0 Å². The first kappa shape index (κ1) is 9.09. The Labute approximate surface area is 24.4 Å². The molecule has 0 aromatic carbocycles. The Morgan fingerprint density at radius 1 is 1.75 bits per heavy atom. The Hall–Kier alpha value is -0.100. The normalized spacial score (nSPS) is 2.75. The molecule has 2 N–H and O–H groups in total. The van der Waals surface area contributed by atoms with E-state index in [9.17, 15) is 0 Å². The Bertz CT molecular complexity index is 52.2. The quantitative estimate of drug-likeness (QED) is 0.381. The summed E-state index contributed by atoms with van der Waals surface area (Å²) in [7, 11) is -0.833. The van der Waals surface area contributed by atoms with Gasteiger partial charge in [0.15, 0.2) is 0 Å². The molecule has 3 nitrogen and oxygen atoms in total. The standard InChI is InChI=1S/NOP.H2O/c1-3-2;/h;1H2. The first-order chi connectivity index (χ1) is 1.41. The van der Waals surface area contributed by atoms with Gasteiger partial charge < -0.3 is 5.48 Å². The van der Waals surface area contributed by atoms with Gasteiger partial charge in [-0.15, -0.1) is 0 Å². The third-order valence-electron chi connectivity index (χ3n) is 0. The molecule has 0 amide bonds. The van der Waals surface area contributed by atoms with Gasteiger partial charge in [0.2, 0.25) is 0 Å². The summed E-state index contributed by atoms with van der Waals surface area (Å²) >= 11 is 0. The number of rotatable bonds is 0. The van der Waals surface area contributed by atoms with E-state index in [0.717, 1.165) is 0 Å². The van der Waals surface area contributed by atoms with Crippen LogP contribution < -0.4 is 0 Å². The largest absolute Gasteiger partial charge is 0.412 e. The summed E-state index contributed by atoms with van der Waals surface area (Å²) in [5, 5.41) is 6.99. The molecule has 0 aromatic rings. The minimum atomic E-state index is -0.833. The van der Waals surface area contributed by atoms with Crippen molar-refractivity contribution >= 4 is 8.10 Å². The van der Waals surface area contributed by atoms with Gasteiger partial charge in [0.1, 0.15) is 0 Å². The molecule has 4 heavy (non-hydrogen) atoms. The third kappa shape index (κ3) is 154. The van der Waals surface area contributed by atoms with Crippen LogP contribution >= 0.6 is 8.10 Å². The van der Waals surface area contributed by atoms with Crippen LogP contribution in [0.2, 0.25) is 0 Å². The van der Waals surface area contributed by atoms with E-state index in [1.165, 1.54) is 0 Å². The van der Waals surface area contributed by atoms with Crippen molar-refractivity contribution in [1.82, 2.24) is 0 Å². The number of nitrogens with zero attached hydrogens (tertiary/aromatic N) is 1. The van der Waals surface area contributed by atoms with Crippen molar-refractivity contribution in [1.29, 1.82) is 5.00 Å². The second-order valence-electron chi connectivity index (χ2n) is 0.0816. The molecule has 0 heterocycles. The van der Waals surface area contributed by atoms with Crippen LogP contribution in [0.5, 0.6) is 0 Å². The summed E-state index contributed by atoms with van der Waals surface area (Å²) < 4.78 is 8.46. The first-order valence-corrected chi connectivity index (χ1v) is 1.15. The summed E-state index contributed by atoms with van der Waals surface area (Å²) in [5.74, 6) is 0. The summed E-state index contributed by atoms with van der Waals surface area (Å²) in [6.07, 6.45) is 0. The summed E-state index contributed by atoms with van der Waals surface area (Å²) in [4.78, 5) is 0. The van der Waals surface area contributed by atoms with Crippen molar-refractivity contribution in [3.8, 4) is 0 Å². The van der Waals surface area contributed by atoms with E-state index in [-0.39, 0.29) is 5.48 Å². The van der Waals surface area contributed by atoms with Gasteiger partial charge >= 0.3 is 17.7 Å². The summed E-state index contributed by atoms with van der Waals surface area (Å²) in [6, 6.07) is 0. The maximum atomic E-state index is 8.46. The molecule has 0 rings (SSSR count). The second-order valence-corrected chi connectivity index (χ2v) is 0.245. The molecule has 4 heteroatoms. The smallest absolute Gasteiger partial charge is 0.412 e. The fourth-order valence-electron chi connectivity index (χ4n) is 0. The van der Waals surface area contributed by atoms with E-state index in [2.05, 4.69) is 0 Å². The fourth-order valence-corrected chi connectivity index (χ4v) is 0. The Balaban J connectivity index is 0.